The van der Waals surface area contributed by atoms with E-state index in [-0.39, 0.29) is 101 Å². The molecule has 56 heavy (non-hydrogen) atoms. The van der Waals surface area contributed by atoms with E-state index in [0.717, 1.165) is 16.7 Å². The number of hydrogen-bond donors (Lipinski definition) is 8. The summed E-state index contributed by atoms with van der Waals surface area (Å²) in [6, 6.07) is 5.72. The third kappa shape index (κ3) is 9.76. The van der Waals surface area contributed by atoms with Gasteiger partial charge in [0.25, 0.3) is 25.8 Å². The molecule has 5 rings (SSSR count). The zero-order valence-corrected chi connectivity index (χ0v) is 31.5. The van der Waals surface area contributed by atoms with Crippen molar-refractivity contribution in [2.75, 3.05) is 21.7 Å². The maximum atomic E-state index is 13.1. The van der Waals surface area contributed by atoms with Crippen LogP contribution in [0.3, 0.4) is 0 Å². The molecule has 0 spiro atoms. The fourth-order valence-corrected chi connectivity index (χ4v) is 6.57. The van der Waals surface area contributed by atoms with Crippen LogP contribution in [0.2, 0.25) is 10.6 Å². The number of aromatic hydroxyl groups is 1. The highest BCUT2D eigenvalue weighted by atomic mass is 35.5. The highest BCUT2D eigenvalue weighted by Crippen LogP contribution is 2.35. The maximum absolute atomic E-state index is 13.1. The number of aryl methyl sites for hydroxylation is 1. The molecule has 0 unspecified atom stereocenters. The van der Waals surface area contributed by atoms with Crippen molar-refractivity contribution in [3.05, 3.63) is 67.9 Å². The van der Waals surface area contributed by atoms with Crippen molar-refractivity contribution in [1.29, 1.82) is 0 Å². The average molecular weight is 856 g/mol. The van der Waals surface area contributed by atoms with Gasteiger partial charge in [0.1, 0.15) is 9.79 Å². The Morgan fingerprint density at radius 3 is 1.98 bits per heavy atom. The van der Waals surface area contributed by atoms with Gasteiger partial charge in [-0.15, -0.1) is 5.11 Å². The molecule has 0 atom stereocenters. The van der Waals surface area contributed by atoms with E-state index in [9.17, 15) is 35.8 Å². The monoisotopic (exact) mass is 854 g/mol. The first-order chi connectivity index (χ1) is 25.8. The SMILES string of the molecule is C.CCn1c(O)c(CON)c(C)c(N=Nc2cc(Nc3nc(Cl)nc(Nc4ccc(S(=O)(=O)O)c(Nc5nc(N)nc(Cl)n5)c4)n3)c(S(=O)(=O)O)cc2C)c1=O. The molecule has 0 saturated carbocycles. The number of nitrogens with two attached hydrogens (primary N) is 2. The van der Waals surface area contributed by atoms with E-state index in [2.05, 4.69) is 60.9 Å². The van der Waals surface area contributed by atoms with Crippen LogP contribution in [0.5, 0.6) is 5.88 Å². The van der Waals surface area contributed by atoms with Crippen molar-refractivity contribution < 1.29 is 35.9 Å². The second-order valence-corrected chi connectivity index (χ2v) is 14.5. The standard InChI is InChI=1S/C28H28Cl2N14O9S2.CH4/c1-4-44-21(45)14(10-53-32)12(3)20(22(44)46)43-42-15-9-17(19(7-11(15)2)55(50,51)52)35-28-39-24(30)38-26(41-28)33-13-5-6-18(54(47,48)49)16(8-13)34-27-37-23(29)36-25(31)40-27;/h5-9,45H,4,10,32H2,1-3H3,(H,47,48,49)(H,50,51,52)(H3,31,34,36,37,40)(H2,33,35,38,39,41);1H4. The Morgan fingerprint density at radius 2 is 1.41 bits per heavy atom. The molecule has 5 aromatic rings. The Hall–Kier alpha value is -5.67. The molecule has 0 amide bonds. The normalized spacial score (nSPS) is 11.7. The number of hydrogen-bond acceptors (Lipinski definition) is 20. The molecule has 0 bridgehead atoms. The molecule has 3 aromatic heterocycles. The van der Waals surface area contributed by atoms with Crippen LogP contribution in [0.1, 0.15) is 31.0 Å². The van der Waals surface area contributed by atoms with E-state index in [0.29, 0.717) is 0 Å². The van der Waals surface area contributed by atoms with Gasteiger partial charge in [0.05, 0.1) is 23.7 Å². The van der Waals surface area contributed by atoms with Gasteiger partial charge in [-0.25, -0.2) is 5.90 Å². The minimum atomic E-state index is -4.89. The average Bonchev–Trinajstić information content (AvgIpc) is 3.06. The summed E-state index contributed by atoms with van der Waals surface area (Å²) in [6.07, 6.45) is 0. The summed E-state index contributed by atoms with van der Waals surface area (Å²) in [5.74, 6) is 3.70. The number of nitrogens with zero attached hydrogens (tertiary/aromatic N) is 9. The second kappa shape index (κ2) is 17.0. The molecular weight excluding hydrogens is 823 g/mol. The third-order valence-corrected chi connectivity index (χ3v) is 9.54. The van der Waals surface area contributed by atoms with Crippen molar-refractivity contribution in [3.8, 4) is 5.88 Å². The molecule has 0 aliphatic carbocycles. The number of pyridine rings is 1. The predicted molar refractivity (Wildman–Crippen MR) is 204 cm³/mol. The van der Waals surface area contributed by atoms with E-state index >= 15 is 0 Å². The van der Waals surface area contributed by atoms with Crippen molar-refractivity contribution in [2.24, 2.45) is 16.1 Å². The number of nitrogens with one attached hydrogen (secondary N) is 3. The molecule has 0 saturated heterocycles. The number of halogens is 2. The number of nitrogen functional groups attached to an aromatic ring is 1. The Kier molecular flexibility index (Phi) is 13.1. The van der Waals surface area contributed by atoms with Crippen molar-refractivity contribution in [1.82, 2.24) is 34.5 Å². The summed E-state index contributed by atoms with van der Waals surface area (Å²) < 4.78 is 70.0. The van der Waals surface area contributed by atoms with Crippen LogP contribution < -0.4 is 33.1 Å². The van der Waals surface area contributed by atoms with E-state index in [1.54, 1.807) is 6.92 Å². The Morgan fingerprint density at radius 1 is 0.839 bits per heavy atom. The first-order valence-electron chi connectivity index (χ1n) is 15.1. The van der Waals surface area contributed by atoms with Gasteiger partial charge in [0.2, 0.25) is 34.4 Å². The van der Waals surface area contributed by atoms with Crippen LogP contribution in [-0.2, 0) is 38.2 Å². The van der Waals surface area contributed by atoms with Crippen molar-refractivity contribution >= 4 is 95.7 Å². The first kappa shape index (κ1) is 43.1. The zero-order chi connectivity index (χ0) is 40.4. The van der Waals surface area contributed by atoms with E-state index in [1.165, 1.54) is 32.0 Å². The Balaban J connectivity index is 0.00000696. The highest BCUT2D eigenvalue weighted by Gasteiger charge is 2.22. The fraction of sp³-hybridized carbons (Fsp3) is 0.207. The minimum absolute atomic E-state index is 0. The molecule has 0 radical (unpaired) electrons. The van der Waals surface area contributed by atoms with Crippen LogP contribution >= 0.6 is 23.2 Å². The quantitative estimate of drug-likeness (QED) is 0.0455. The van der Waals surface area contributed by atoms with E-state index in [1.807, 2.05) is 0 Å². The first-order valence-corrected chi connectivity index (χ1v) is 18.7. The van der Waals surface area contributed by atoms with Crippen LogP contribution in [-0.4, -0.2) is 65.5 Å². The molecule has 2 aromatic carbocycles. The Bertz CT molecular complexity index is 2630. The number of rotatable bonds is 13. The number of anilines is 7. The minimum Gasteiger partial charge on any atom is -0.494 e. The van der Waals surface area contributed by atoms with Gasteiger partial charge in [-0.1, -0.05) is 7.43 Å². The summed E-state index contributed by atoms with van der Waals surface area (Å²) in [7, 11) is -9.67. The molecule has 27 heteroatoms. The van der Waals surface area contributed by atoms with Crippen LogP contribution in [0, 0.1) is 13.8 Å². The van der Waals surface area contributed by atoms with Crippen LogP contribution in [0.25, 0.3) is 0 Å². The molecule has 298 valence electrons. The van der Waals surface area contributed by atoms with Gasteiger partial charge in [-0.3, -0.25) is 23.3 Å². The molecule has 0 aliphatic rings. The van der Waals surface area contributed by atoms with Gasteiger partial charge in [0.15, 0.2) is 11.6 Å². The van der Waals surface area contributed by atoms with E-state index in [4.69, 9.17) is 34.8 Å². The van der Waals surface area contributed by atoms with E-state index < -0.39 is 40.9 Å². The number of azo groups is 1. The molecule has 23 nitrogen and oxygen atoms in total. The van der Waals surface area contributed by atoms with Gasteiger partial charge < -0.3 is 26.8 Å². The molecule has 3 heterocycles. The summed E-state index contributed by atoms with van der Waals surface area (Å²) in [6.45, 7) is 4.42. The molecule has 0 fully saturated rings. The molecular formula is C29H32Cl2N14O9S2. The molecule has 0 aliphatic heterocycles. The smallest absolute Gasteiger partial charge is 0.296 e. The molecule has 10 N–H and O–H groups in total. The maximum Gasteiger partial charge on any atom is 0.296 e. The lowest BCUT2D eigenvalue weighted by Gasteiger charge is -2.15. The van der Waals surface area contributed by atoms with Gasteiger partial charge in [-0.2, -0.15) is 51.9 Å². The summed E-state index contributed by atoms with van der Waals surface area (Å²) in [5.41, 5.74) is 4.95. The summed E-state index contributed by atoms with van der Waals surface area (Å²) in [5, 5.41) is 26.1. The predicted octanol–water partition coefficient (Wildman–Crippen LogP) is 4.62. The lowest BCUT2D eigenvalue weighted by molar-refractivity contribution is 0.120. The lowest BCUT2D eigenvalue weighted by Crippen LogP contribution is -2.22. The Labute approximate surface area is 327 Å². The van der Waals surface area contributed by atoms with Crippen molar-refractivity contribution in [3.63, 3.8) is 0 Å². The van der Waals surface area contributed by atoms with Gasteiger partial charge >= 0.3 is 0 Å². The van der Waals surface area contributed by atoms with Gasteiger partial charge in [-0.05, 0) is 85.4 Å². The highest BCUT2D eigenvalue weighted by molar-refractivity contribution is 7.86. The zero-order valence-electron chi connectivity index (χ0n) is 28.3. The number of aromatic nitrogens is 7. The lowest BCUT2D eigenvalue weighted by atomic mass is 10.1. The number of benzene rings is 2. The van der Waals surface area contributed by atoms with Crippen molar-refractivity contribution in [2.45, 2.75) is 51.1 Å². The van der Waals surface area contributed by atoms with Crippen LogP contribution in [0.4, 0.5) is 52.2 Å². The van der Waals surface area contributed by atoms with Gasteiger partial charge in [0, 0.05) is 17.8 Å². The summed E-state index contributed by atoms with van der Waals surface area (Å²) >= 11 is 12.0. The third-order valence-electron chi connectivity index (χ3n) is 7.40. The summed E-state index contributed by atoms with van der Waals surface area (Å²) in [4.78, 5) is 39.9. The van der Waals surface area contributed by atoms with Crippen LogP contribution in [0.15, 0.2) is 55.1 Å². The largest absolute Gasteiger partial charge is 0.494 e. The fourth-order valence-electron chi connectivity index (χ4n) is 4.90. The second-order valence-electron chi connectivity index (χ2n) is 11.0. The topological polar surface area (TPSA) is 350 Å².